The average molecular weight is 496 g/mol. The van der Waals surface area contributed by atoms with Crippen LogP contribution >= 0.6 is 0 Å². The molecule has 0 radical (unpaired) electrons. The zero-order valence-corrected chi connectivity index (χ0v) is 20.2. The highest BCUT2D eigenvalue weighted by Gasteiger charge is 2.36. The van der Waals surface area contributed by atoms with Crippen LogP contribution in [0.4, 0.5) is 0 Å². The smallest absolute Gasteiger partial charge is 0.261 e. The molecule has 0 saturated carbocycles. The van der Waals surface area contributed by atoms with E-state index in [1.165, 1.54) is 40.9 Å². The van der Waals surface area contributed by atoms with E-state index in [0.29, 0.717) is 24.4 Å². The van der Waals surface area contributed by atoms with E-state index < -0.39 is 27.7 Å². The maximum atomic E-state index is 12.8. The van der Waals surface area contributed by atoms with Crippen LogP contribution < -0.4 is 5.32 Å². The van der Waals surface area contributed by atoms with Crippen LogP contribution in [0.15, 0.2) is 70.2 Å². The molecular weight excluding hydrogens is 470 g/mol. The summed E-state index contributed by atoms with van der Waals surface area (Å²) in [5.41, 5.74) is 1.36. The normalized spacial score (nSPS) is 13.4. The summed E-state index contributed by atoms with van der Waals surface area (Å²) in [7, 11) is -3.55. The Balaban J connectivity index is 1.42. The molecular formula is C25H25N3O6S. The SMILES string of the molecule is CCN(CC)S(=O)(=O)c1ccc(CNC(=O)c2ccc3c(c2)C(=O)N(Cc2ccco2)C3=O)cc1. The minimum absolute atomic E-state index is 0.0147. The van der Waals surface area contributed by atoms with Gasteiger partial charge in [0.2, 0.25) is 10.0 Å². The molecule has 0 atom stereocenters. The Hall–Kier alpha value is -3.76. The Kier molecular flexibility index (Phi) is 6.86. The third-order valence-electron chi connectivity index (χ3n) is 5.85. The fourth-order valence-corrected chi connectivity index (χ4v) is 5.37. The van der Waals surface area contributed by atoms with E-state index in [2.05, 4.69) is 5.32 Å². The van der Waals surface area contributed by atoms with Gasteiger partial charge in [0, 0.05) is 25.2 Å². The molecule has 1 aromatic heterocycles. The average Bonchev–Trinajstić information content (AvgIpc) is 3.46. The first-order valence-electron chi connectivity index (χ1n) is 11.2. The number of amides is 3. The van der Waals surface area contributed by atoms with Crippen LogP contribution in [0.2, 0.25) is 0 Å². The van der Waals surface area contributed by atoms with E-state index in [9.17, 15) is 22.8 Å². The zero-order valence-electron chi connectivity index (χ0n) is 19.4. The highest BCUT2D eigenvalue weighted by molar-refractivity contribution is 7.89. The fourth-order valence-electron chi connectivity index (χ4n) is 3.91. The number of rotatable bonds is 9. The molecule has 2 aromatic carbocycles. The predicted octanol–water partition coefficient (Wildman–Crippen LogP) is 3.04. The minimum Gasteiger partial charge on any atom is -0.467 e. The molecule has 1 aliphatic rings. The number of hydrogen-bond acceptors (Lipinski definition) is 6. The summed E-state index contributed by atoms with van der Waals surface area (Å²) in [5, 5.41) is 2.76. The molecule has 35 heavy (non-hydrogen) atoms. The Bertz CT molecular complexity index is 1360. The van der Waals surface area contributed by atoms with E-state index in [1.54, 1.807) is 38.1 Å². The van der Waals surface area contributed by atoms with Gasteiger partial charge < -0.3 is 9.73 Å². The third kappa shape index (κ3) is 4.75. The lowest BCUT2D eigenvalue weighted by Crippen LogP contribution is -2.30. The summed E-state index contributed by atoms with van der Waals surface area (Å²) in [6.45, 7) is 4.51. The first-order chi connectivity index (χ1) is 16.8. The Morgan fingerprint density at radius 3 is 2.29 bits per heavy atom. The van der Waals surface area contributed by atoms with E-state index in [4.69, 9.17) is 4.42 Å². The molecule has 0 unspecified atom stereocenters. The van der Waals surface area contributed by atoms with Crippen molar-refractivity contribution >= 4 is 27.7 Å². The quantitative estimate of drug-likeness (QED) is 0.456. The van der Waals surface area contributed by atoms with Gasteiger partial charge in [-0.05, 0) is 48.0 Å². The van der Waals surface area contributed by atoms with Crippen LogP contribution in [0.1, 0.15) is 56.2 Å². The number of sulfonamides is 1. The number of benzene rings is 2. The van der Waals surface area contributed by atoms with Crippen molar-refractivity contribution in [2.24, 2.45) is 0 Å². The summed E-state index contributed by atoms with van der Waals surface area (Å²) >= 11 is 0. The van der Waals surface area contributed by atoms with Gasteiger partial charge in [-0.15, -0.1) is 0 Å². The summed E-state index contributed by atoms with van der Waals surface area (Å²) in [4.78, 5) is 39.4. The highest BCUT2D eigenvalue weighted by atomic mass is 32.2. The van der Waals surface area contributed by atoms with Crippen molar-refractivity contribution in [2.45, 2.75) is 31.8 Å². The number of imide groups is 1. The van der Waals surface area contributed by atoms with E-state index >= 15 is 0 Å². The molecule has 2 heterocycles. The van der Waals surface area contributed by atoms with Gasteiger partial charge in [0.15, 0.2) is 0 Å². The van der Waals surface area contributed by atoms with Crippen LogP contribution in [-0.4, -0.2) is 48.4 Å². The zero-order chi connectivity index (χ0) is 25.2. The Morgan fingerprint density at radius 1 is 0.971 bits per heavy atom. The van der Waals surface area contributed by atoms with E-state index in [1.807, 2.05) is 0 Å². The lowest BCUT2D eigenvalue weighted by atomic mass is 10.1. The van der Waals surface area contributed by atoms with Gasteiger partial charge in [0.1, 0.15) is 5.76 Å². The van der Waals surface area contributed by atoms with Crippen molar-refractivity contribution in [3.8, 4) is 0 Å². The molecule has 1 aliphatic heterocycles. The molecule has 0 spiro atoms. The van der Waals surface area contributed by atoms with Crippen molar-refractivity contribution in [1.82, 2.24) is 14.5 Å². The molecule has 9 nitrogen and oxygen atoms in total. The van der Waals surface area contributed by atoms with Crippen LogP contribution in [0.5, 0.6) is 0 Å². The maximum Gasteiger partial charge on any atom is 0.261 e. The third-order valence-corrected chi connectivity index (χ3v) is 7.91. The molecule has 3 aromatic rings. The van der Waals surface area contributed by atoms with Crippen molar-refractivity contribution in [1.29, 1.82) is 0 Å². The number of carbonyl (C=O) groups is 3. The minimum atomic E-state index is -3.55. The molecule has 0 saturated heterocycles. The van der Waals surface area contributed by atoms with Crippen molar-refractivity contribution < 1.29 is 27.2 Å². The predicted molar refractivity (Wildman–Crippen MR) is 127 cm³/mol. The molecule has 3 amide bonds. The van der Waals surface area contributed by atoms with Crippen LogP contribution in [0.3, 0.4) is 0 Å². The first-order valence-corrected chi connectivity index (χ1v) is 12.6. The summed E-state index contributed by atoms with van der Waals surface area (Å²) in [6.07, 6.45) is 1.47. The number of furan rings is 1. The lowest BCUT2D eigenvalue weighted by Gasteiger charge is -2.18. The van der Waals surface area contributed by atoms with Crippen LogP contribution in [0, 0.1) is 0 Å². The second-order valence-electron chi connectivity index (χ2n) is 7.95. The standard InChI is InChI=1S/C25H25N3O6S/c1-3-27(4-2)35(32,33)20-10-7-17(8-11-20)15-26-23(29)18-9-12-21-22(14-18)25(31)28(24(21)30)16-19-6-5-13-34-19/h5-14H,3-4,15-16H2,1-2H3,(H,26,29). The number of hydrogen-bond donors (Lipinski definition) is 1. The molecule has 1 N–H and O–H groups in total. The molecule has 0 aliphatic carbocycles. The highest BCUT2D eigenvalue weighted by Crippen LogP contribution is 2.26. The molecule has 10 heteroatoms. The van der Waals surface area contributed by atoms with Gasteiger partial charge >= 0.3 is 0 Å². The second-order valence-corrected chi connectivity index (χ2v) is 9.89. The molecule has 182 valence electrons. The largest absolute Gasteiger partial charge is 0.467 e. The number of nitrogens with zero attached hydrogens (tertiary/aromatic N) is 2. The Morgan fingerprint density at radius 2 is 1.66 bits per heavy atom. The molecule has 0 bridgehead atoms. The number of carbonyl (C=O) groups excluding carboxylic acids is 3. The van der Waals surface area contributed by atoms with Crippen molar-refractivity contribution in [2.75, 3.05) is 13.1 Å². The first kappa shape index (κ1) is 24.4. The van der Waals surface area contributed by atoms with Crippen LogP contribution in [-0.2, 0) is 23.1 Å². The molecule has 0 fully saturated rings. The lowest BCUT2D eigenvalue weighted by molar-refractivity contribution is 0.0631. The number of nitrogens with one attached hydrogen (secondary N) is 1. The molecule has 4 rings (SSSR count). The van der Waals surface area contributed by atoms with Gasteiger partial charge in [-0.25, -0.2) is 8.42 Å². The van der Waals surface area contributed by atoms with E-state index in [-0.39, 0.29) is 34.7 Å². The maximum absolute atomic E-state index is 12.8. The topological polar surface area (TPSA) is 117 Å². The summed E-state index contributed by atoms with van der Waals surface area (Å²) in [5.74, 6) is -0.861. The van der Waals surface area contributed by atoms with E-state index in [0.717, 1.165) is 4.90 Å². The van der Waals surface area contributed by atoms with Gasteiger partial charge in [-0.1, -0.05) is 26.0 Å². The Labute approximate surface area is 203 Å². The van der Waals surface area contributed by atoms with Gasteiger partial charge in [-0.3, -0.25) is 19.3 Å². The van der Waals surface area contributed by atoms with Crippen molar-refractivity contribution in [3.63, 3.8) is 0 Å². The second kappa shape index (κ2) is 9.85. The fraction of sp³-hybridized carbons (Fsp3) is 0.240. The van der Waals surface area contributed by atoms with Gasteiger partial charge in [0.05, 0.1) is 28.8 Å². The van der Waals surface area contributed by atoms with Crippen LogP contribution in [0.25, 0.3) is 0 Å². The number of fused-ring (bicyclic) bond motifs is 1. The van der Waals surface area contributed by atoms with Gasteiger partial charge in [-0.2, -0.15) is 4.31 Å². The summed E-state index contributed by atoms with van der Waals surface area (Å²) < 4.78 is 31.8. The van der Waals surface area contributed by atoms with Crippen molar-refractivity contribution in [3.05, 3.63) is 88.9 Å². The summed E-state index contributed by atoms with van der Waals surface area (Å²) in [6, 6.07) is 14.1. The monoisotopic (exact) mass is 495 g/mol. The van der Waals surface area contributed by atoms with Gasteiger partial charge in [0.25, 0.3) is 17.7 Å².